The molecule has 0 unspecified atom stereocenters. The number of primary amides is 1. The molecule has 8 heteroatoms. The van der Waals surface area contributed by atoms with E-state index in [1.165, 1.54) is 5.57 Å². The number of nitrogens with one attached hydrogen (secondary N) is 1. The van der Waals surface area contributed by atoms with Gasteiger partial charge in [0.2, 0.25) is 18.7 Å². The molecule has 36 heavy (non-hydrogen) atoms. The number of carbonyl (C=O) groups is 3. The second-order valence-corrected chi connectivity index (χ2v) is 8.70. The Hall–Kier alpha value is -3.07. The van der Waals surface area contributed by atoms with E-state index in [1.54, 1.807) is 12.0 Å². The number of amides is 3. The van der Waals surface area contributed by atoms with Crippen LogP contribution in [0.2, 0.25) is 0 Å². The zero-order valence-corrected chi connectivity index (χ0v) is 24.3. The number of methoxy groups -OCH3 is 1. The molecule has 1 heterocycles. The maximum Gasteiger partial charge on any atom is 0.242 e. The third kappa shape index (κ3) is 48.4. The molecule has 1 fully saturated rings. The molecule has 1 aliphatic rings. The minimum Gasteiger partial charge on any atom is -0.391 e. The lowest BCUT2D eigenvalue weighted by molar-refractivity contribution is -0.132. The summed E-state index contributed by atoms with van der Waals surface area (Å²) < 4.78 is 4.94. The zero-order valence-electron chi connectivity index (χ0n) is 24.3. The lowest BCUT2D eigenvalue weighted by atomic mass is 10.2. The number of aliphatic hydroxyl groups is 1. The van der Waals surface area contributed by atoms with Crippen LogP contribution < -0.4 is 11.1 Å². The van der Waals surface area contributed by atoms with Crippen molar-refractivity contribution in [2.24, 2.45) is 11.7 Å². The molecule has 0 aromatic rings. The Morgan fingerprint density at radius 1 is 1.22 bits per heavy atom. The fraction of sp³-hybridized carbons (Fsp3) is 0.607. The second kappa shape index (κ2) is 34.1. The number of hydrogen-bond acceptors (Lipinski definition) is 5. The van der Waals surface area contributed by atoms with Crippen LogP contribution in [0.3, 0.4) is 0 Å². The highest BCUT2D eigenvalue weighted by Gasteiger charge is 2.30. The molecule has 0 aromatic heterocycles. The minimum absolute atomic E-state index is 0.0144. The first-order valence-corrected chi connectivity index (χ1v) is 11.4. The molecule has 2 atom stereocenters. The van der Waals surface area contributed by atoms with E-state index >= 15 is 0 Å². The SMILES string of the molecule is C#C.C#C.C=C/C(C)=C\C.CC(C)C.COC(C)(C)C.C[C@@H]1C[C@H](O)CN1C(=O)CNC=O.NC=O. The van der Waals surface area contributed by atoms with Crippen LogP contribution >= 0.6 is 0 Å². The molecule has 1 aliphatic heterocycles. The number of terminal acetylenes is 2. The van der Waals surface area contributed by atoms with Gasteiger partial charge in [0.25, 0.3) is 0 Å². The van der Waals surface area contributed by atoms with Gasteiger partial charge in [-0.2, -0.15) is 0 Å². The van der Waals surface area contributed by atoms with E-state index < -0.39 is 6.10 Å². The number of ether oxygens (including phenoxy) is 1. The summed E-state index contributed by atoms with van der Waals surface area (Å²) in [5.74, 6) is 0.691. The summed E-state index contributed by atoms with van der Waals surface area (Å²) in [6.45, 7) is 22.4. The molecule has 4 N–H and O–H groups in total. The van der Waals surface area contributed by atoms with Gasteiger partial charge in [0.1, 0.15) is 0 Å². The van der Waals surface area contributed by atoms with E-state index in [-0.39, 0.29) is 30.5 Å². The maximum atomic E-state index is 11.4. The summed E-state index contributed by atoms with van der Waals surface area (Å²) in [7, 11) is 1.71. The van der Waals surface area contributed by atoms with Crippen LogP contribution in [0, 0.1) is 31.6 Å². The average molecular weight is 512 g/mol. The number of aliphatic hydroxyl groups excluding tert-OH is 1. The topological polar surface area (TPSA) is 122 Å². The van der Waals surface area contributed by atoms with Gasteiger partial charge in [-0.3, -0.25) is 14.4 Å². The molecule has 1 rings (SSSR count). The Balaban J connectivity index is -0.0000000834. The van der Waals surface area contributed by atoms with Gasteiger partial charge >= 0.3 is 0 Å². The van der Waals surface area contributed by atoms with Crippen molar-refractivity contribution >= 4 is 18.7 Å². The fourth-order valence-corrected chi connectivity index (χ4v) is 1.70. The van der Waals surface area contributed by atoms with Gasteiger partial charge in [-0.1, -0.05) is 45.1 Å². The third-order valence-electron chi connectivity index (χ3n) is 3.60. The summed E-state index contributed by atoms with van der Waals surface area (Å²) in [6.07, 6.45) is 20.8. The number of likely N-dealkylation sites (tertiary alicyclic amines) is 1. The number of allylic oxidation sites excluding steroid dienone is 3. The zero-order chi connectivity index (χ0) is 30.3. The molecule has 210 valence electrons. The van der Waals surface area contributed by atoms with Gasteiger partial charge in [-0.15, -0.1) is 25.7 Å². The normalized spacial score (nSPS) is 15.2. The van der Waals surface area contributed by atoms with Crippen molar-refractivity contribution in [1.29, 1.82) is 0 Å². The molecule has 8 nitrogen and oxygen atoms in total. The van der Waals surface area contributed by atoms with Crippen molar-refractivity contribution in [1.82, 2.24) is 10.2 Å². The molecule has 0 radical (unpaired) electrons. The number of hydrogen-bond donors (Lipinski definition) is 3. The Kier molecular flexibility index (Phi) is 43.8. The lowest BCUT2D eigenvalue weighted by Crippen LogP contribution is -2.40. The Morgan fingerprint density at radius 2 is 1.58 bits per heavy atom. The highest BCUT2D eigenvalue weighted by molar-refractivity contribution is 5.80. The predicted molar refractivity (Wildman–Crippen MR) is 153 cm³/mol. The van der Waals surface area contributed by atoms with E-state index in [4.69, 9.17) is 9.53 Å². The molecule has 0 spiro atoms. The van der Waals surface area contributed by atoms with Crippen molar-refractivity contribution in [3.8, 4) is 25.7 Å². The Morgan fingerprint density at radius 3 is 1.75 bits per heavy atom. The Labute approximate surface area is 221 Å². The smallest absolute Gasteiger partial charge is 0.242 e. The molecule has 0 bridgehead atoms. The van der Waals surface area contributed by atoms with Crippen LogP contribution in [-0.2, 0) is 19.1 Å². The monoisotopic (exact) mass is 511 g/mol. The first kappa shape index (κ1) is 46.3. The largest absolute Gasteiger partial charge is 0.391 e. The second-order valence-electron chi connectivity index (χ2n) is 8.70. The standard InChI is InChI=1S/C8H14N2O3.C6H10.C5H12O.C4H10.2C2H2.CH3NO/c1-6-2-7(12)4-10(6)8(13)3-9-5-11;1-4-6(3)5-2;1-5(2,3)6-4;1-4(2)3;2*1-2;2-1-3/h5-7,12H,2-4H2,1H3,(H,9,11);4-5H,1H2,2-3H3;1-4H3;4H,1-3H3;2*1-2H;1H,(H2,2,3)/b;6-5-;;;;;/t6-,7+;;;;;;/m1....../s1. The fourth-order valence-electron chi connectivity index (χ4n) is 1.70. The van der Waals surface area contributed by atoms with Crippen LogP contribution in [0.4, 0.5) is 0 Å². The highest BCUT2D eigenvalue weighted by Crippen LogP contribution is 2.16. The summed E-state index contributed by atoms with van der Waals surface area (Å²) in [5, 5.41) is 11.6. The predicted octanol–water partition coefficient (Wildman–Crippen LogP) is 3.55. The van der Waals surface area contributed by atoms with Crippen molar-refractivity contribution in [3.63, 3.8) is 0 Å². The van der Waals surface area contributed by atoms with Crippen LogP contribution in [-0.4, -0.2) is 66.7 Å². The summed E-state index contributed by atoms with van der Waals surface area (Å²) >= 11 is 0. The first-order chi connectivity index (χ1) is 16.7. The lowest BCUT2D eigenvalue weighted by Gasteiger charge is -2.20. The van der Waals surface area contributed by atoms with Gasteiger partial charge in [0, 0.05) is 19.7 Å². The molecule has 0 saturated carbocycles. The van der Waals surface area contributed by atoms with Crippen LogP contribution in [0.1, 0.15) is 68.7 Å². The van der Waals surface area contributed by atoms with Crippen molar-refractivity contribution in [3.05, 3.63) is 24.3 Å². The van der Waals surface area contributed by atoms with Crippen molar-refractivity contribution in [2.75, 3.05) is 20.2 Å². The number of carbonyl (C=O) groups excluding carboxylic acids is 3. The number of nitrogens with two attached hydrogens (primary N) is 1. The molecular formula is C28H53N3O5. The Bertz CT molecular complexity index is 582. The van der Waals surface area contributed by atoms with E-state index in [9.17, 15) is 14.7 Å². The maximum absolute atomic E-state index is 11.4. The summed E-state index contributed by atoms with van der Waals surface area (Å²) in [4.78, 5) is 31.5. The molecule has 3 amide bonds. The van der Waals surface area contributed by atoms with Gasteiger partial charge in [0.05, 0.1) is 18.2 Å². The molecule has 0 aromatic carbocycles. The van der Waals surface area contributed by atoms with Crippen LogP contribution in [0.5, 0.6) is 0 Å². The summed E-state index contributed by atoms with van der Waals surface area (Å²) in [6, 6.07) is 0.0657. The van der Waals surface area contributed by atoms with Gasteiger partial charge in [-0.05, 0) is 53.9 Å². The van der Waals surface area contributed by atoms with Crippen molar-refractivity contribution < 1.29 is 24.2 Å². The number of nitrogens with zero attached hydrogens (tertiary/aromatic N) is 1. The van der Waals surface area contributed by atoms with Crippen LogP contribution in [0.25, 0.3) is 0 Å². The van der Waals surface area contributed by atoms with Gasteiger partial charge in [0.15, 0.2) is 0 Å². The average Bonchev–Trinajstić information content (AvgIpc) is 3.18. The molecular weight excluding hydrogens is 458 g/mol. The number of rotatable bonds is 4. The van der Waals surface area contributed by atoms with Crippen LogP contribution in [0.15, 0.2) is 24.3 Å². The third-order valence-corrected chi connectivity index (χ3v) is 3.60. The molecule has 0 aliphatic carbocycles. The van der Waals surface area contributed by atoms with E-state index in [1.807, 2.05) is 53.7 Å². The molecule has 1 saturated heterocycles. The van der Waals surface area contributed by atoms with Crippen molar-refractivity contribution in [2.45, 2.75) is 86.5 Å². The first-order valence-electron chi connectivity index (χ1n) is 11.4. The van der Waals surface area contributed by atoms with E-state index in [2.05, 4.69) is 64.1 Å². The minimum atomic E-state index is -0.421. The highest BCUT2D eigenvalue weighted by atomic mass is 16.5. The van der Waals surface area contributed by atoms with Gasteiger partial charge in [-0.25, -0.2) is 0 Å². The summed E-state index contributed by atoms with van der Waals surface area (Å²) in [5.41, 5.74) is 5.44. The van der Waals surface area contributed by atoms with E-state index in [0.29, 0.717) is 19.4 Å². The van der Waals surface area contributed by atoms with Gasteiger partial charge < -0.3 is 25.8 Å². The quantitative estimate of drug-likeness (QED) is 0.303. The number of β-amino-alcohol motifs (C(OH)–C–C–N with tert-alkyl or cyclic N) is 1. The van der Waals surface area contributed by atoms with E-state index in [0.717, 1.165) is 5.92 Å².